The van der Waals surface area contributed by atoms with Crippen LogP contribution in [0.25, 0.3) is 0 Å². The molecule has 1 aromatic rings. The Labute approximate surface area is 98.4 Å². The minimum Gasteiger partial charge on any atom is -0.363 e. The number of aromatic nitrogens is 1. The third-order valence-electron chi connectivity index (χ3n) is 2.79. The number of rotatable bonds is 4. The first-order chi connectivity index (χ1) is 7.00. The SMILES string of the molecule is CCC(C)(CC)Nc1ncc(Br)cc1F. The van der Waals surface area contributed by atoms with Gasteiger partial charge in [0.15, 0.2) is 11.6 Å². The van der Waals surface area contributed by atoms with Crippen LogP contribution in [0.3, 0.4) is 0 Å². The summed E-state index contributed by atoms with van der Waals surface area (Å²) in [5.41, 5.74) is -0.0956. The Bertz CT molecular complexity index is 337. The lowest BCUT2D eigenvalue weighted by Gasteiger charge is -2.28. The second kappa shape index (κ2) is 4.92. The Morgan fingerprint density at radius 2 is 2.07 bits per heavy atom. The van der Waals surface area contributed by atoms with Crippen LogP contribution in [0.15, 0.2) is 16.7 Å². The molecule has 0 saturated heterocycles. The number of halogens is 2. The van der Waals surface area contributed by atoms with E-state index < -0.39 is 0 Å². The Balaban J connectivity index is 2.89. The van der Waals surface area contributed by atoms with Crippen LogP contribution in [0.1, 0.15) is 33.6 Å². The molecule has 84 valence electrons. The molecular weight excluding hydrogens is 259 g/mol. The van der Waals surface area contributed by atoms with E-state index in [0.717, 1.165) is 12.8 Å². The molecule has 0 saturated carbocycles. The summed E-state index contributed by atoms with van der Waals surface area (Å²) in [7, 11) is 0. The summed E-state index contributed by atoms with van der Waals surface area (Å²) in [6.45, 7) is 6.22. The summed E-state index contributed by atoms with van der Waals surface area (Å²) in [4.78, 5) is 4.03. The molecule has 0 unspecified atom stereocenters. The first-order valence-electron chi connectivity index (χ1n) is 5.10. The average molecular weight is 275 g/mol. The van der Waals surface area contributed by atoms with Crippen molar-refractivity contribution in [1.29, 1.82) is 0 Å². The van der Waals surface area contributed by atoms with Crippen LogP contribution in [0.2, 0.25) is 0 Å². The Kier molecular flexibility index (Phi) is 4.08. The molecule has 0 bridgehead atoms. The van der Waals surface area contributed by atoms with Gasteiger partial charge in [-0.2, -0.15) is 0 Å². The summed E-state index contributed by atoms with van der Waals surface area (Å²) in [6.07, 6.45) is 3.46. The predicted octanol–water partition coefficient (Wildman–Crippen LogP) is 3.97. The van der Waals surface area contributed by atoms with Gasteiger partial charge in [0, 0.05) is 16.2 Å². The maximum atomic E-state index is 13.5. The monoisotopic (exact) mass is 274 g/mol. The molecule has 2 nitrogen and oxygen atoms in total. The van der Waals surface area contributed by atoms with E-state index in [1.165, 1.54) is 6.07 Å². The molecule has 0 amide bonds. The lowest BCUT2D eigenvalue weighted by molar-refractivity contribution is 0.471. The lowest BCUT2D eigenvalue weighted by Crippen LogP contribution is -2.33. The van der Waals surface area contributed by atoms with Crippen molar-refractivity contribution in [2.45, 2.75) is 39.2 Å². The van der Waals surface area contributed by atoms with E-state index in [2.05, 4.69) is 47.0 Å². The van der Waals surface area contributed by atoms with Crippen LogP contribution in [0, 0.1) is 5.82 Å². The normalized spacial score (nSPS) is 11.5. The molecule has 1 N–H and O–H groups in total. The van der Waals surface area contributed by atoms with Crippen LogP contribution < -0.4 is 5.32 Å². The van der Waals surface area contributed by atoms with Gasteiger partial charge >= 0.3 is 0 Å². The summed E-state index contributed by atoms with van der Waals surface area (Å²) < 4.78 is 14.2. The van der Waals surface area contributed by atoms with Crippen molar-refractivity contribution in [3.63, 3.8) is 0 Å². The van der Waals surface area contributed by atoms with E-state index >= 15 is 0 Å². The number of nitrogens with one attached hydrogen (secondary N) is 1. The molecule has 1 aromatic heterocycles. The molecule has 1 heterocycles. The smallest absolute Gasteiger partial charge is 0.166 e. The second-order valence-corrected chi connectivity index (χ2v) is 4.79. The van der Waals surface area contributed by atoms with Crippen LogP contribution in [-0.2, 0) is 0 Å². The fourth-order valence-electron chi connectivity index (χ4n) is 1.22. The van der Waals surface area contributed by atoms with Crippen molar-refractivity contribution < 1.29 is 4.39 Å². The molecule has 15 heavy (non-hydrogen) atoms. The molecule has 4 heteroatoms. The summed E-state index contributed by atoms with van der Waals surface area (Å²) in [6, 6.07) is 1.42. The summed E-state index contributed by atoms with van der Waals surface area (Å²) >= 11 is 3.18. The third-order valence-corrected chi connectivity index (χ3v) is 3.22. The van der Waals surface area contributed by atoms with Gasteiger partial charge in [-0.3, -0.25) is 0 Å². The molecule has 0 aromatic carbocycles. The highest BCUT2D eigenvalue weighted by Gasteiger charge is 2.21. The Hall–Kier alpha value is -0.640. The highest BCUT2D eigenvalue weighted by atomic mass is 79.9. The van der Waals surface area contributed by atoms with Gasteiger partial charge in [0.25, 0.3) is 0 Å². The van der Waals surface area contributed by atoms with Crippen molar-refractivity contribution in [2.75, 3.05) is 5.32 Å². The van der Waals surface area contributed by atoms with Crippen molar-refractivity contribution in [2.24, 2.45) is 0 Å². The maximum Gasteiger partial charge on any atom is 0.166 e. The summed E-state index contributed by atoms with van der Waals surface area (Å²) in [5.74, 6) is 0.00176. The highest BCUT2D eigenvalue weighted by molar-refractivity contribution is 9.10. The van der Waals surface area contributed by atoms with Crippen LogP contribution in [0.5, 0.6) is 0 Å². The van der Waals surface area contributed by atoms with E-state index in [4.69, 9.17) is 0 Å². The highest BCUT2D eigenvalue weighted by Crippen LogP contribution is 2.23. The number of hydrogen-bond acceptors (Lipinski definition) is 2. The minimum absolute atomic E-state index is 0.0956. The van der Waals surface area contributed by atoms with Gasteiger partial charge in [-0.15, -0.1) is 0 Å². The Morgan fingerprint density at radius 1 is 1.47 bits per heavy atom. The number of anilines is 1. The van der Waals surface area contributed by atoms with Crippen LogP contribution >= 0.6 is 15.9 Å². The van der Waals surface area contributed by atoms with Crippen molar-refractivity contribution in [3.05, 3.63) is 22.6 Å². The number of nitrogens with zero attached hydrogens (tertiary/aromatic N) is 1. The molecule has 1 rings (SSSR count). The topological polar surface area (TPSA) is 24.9 Å². The third kappa shape index (κ3) is 3.16. The van der Waals surface area contributed by atoms with E-state index in [0.29, 0.717) is 10.3 Å². The van der Waals surface area contributed by atoms with Gasteiger partial charge < -0.3 is 5.32 Å². The average Bonchev–Trinajstić information content (AvgIpc) is 2.22. The van der Waals surface area contributed by atoms with Crippen LogP contribution in [0.4, 0.5) is 10.2 Å². The standard InChI is InChI=1S/C11H16BrFN2/c1-4-11(3,5-2)15-10-9(13)6-8(12)7-14-10/h6-7H,4-5H2,1-3H3,(H,14,15). The van der Waals surface area contributed by atoms with Gasteiger partial charge in [0.1, 0.15) is 0 Å². The maximum absolute atomic E-state index is 13.5. The number of pyridine rings is 1. The fourth-order valence-corrected chi connectivity index (χ4v) is 1.52. The van der Waals surface area contributed by atoms with Crippen molar-refractivity contribution in [1.82, 2.24) is 4.98 Å². The fraction of sp³-hybridized carbons (Fsp3) is 0.545. The molecule has 0 fully saturated rings. The molecular formula is C11H16BrFN2. The van der Waals surface area contributed by atoms with E-state index in [9.17, 15) is 4.39 Å². The molecule has 0 spiro atoms. The molecule has 0 atom stereocenters. The predicted molar refractivity (Wildman–Crippen MR) is 64.5 cm³/mol. The van der Waals surface area contributed by atoms with E-state index in [1.807, 2.05) is 0 Å². The molecule has 0 radical (unpaired) electrons. The molecule has 0 aliphatic rings. The van der Waals surface area contributed by atoms with Gasteiger partial charge in [0.05, 0.1) is 0 Å². The zero-order valence-corrected chi connectivity index (χ0v) is 10.9. The van der Waals surface area contributed by atoms with Gasteiger partial charge in [0.2, 0.25) is 0 Å². The summed E-state index contributed by atoms with van der Waals surface area (Å²) in [5, 5.41) is 3.14. The first-order valence-corrected chi connectivity index (χ1v) is 5.89. The van der Waals surface area contributed by atoms with Crippen LogP contribution in [-0.4, -0.2) is 10.5 Å². The van der Waals surface area contributed by atoms with Gasteiger partial charge in [-0.05, 0) is 41.8 Å². The van der Waals surface area contributed by atoms with E-state index in [1.54, 1.807) is 6.20 Å². The minimum atomic E-state index is -0.322. The van der Waals surface area contributed by atoms with Gasteiger partial charge in [-0.25, -0.2) is 9.37 Å². The largest absolute Gasteiger partial charge is 0.363 e. The zero-order valence-electron chi connectivity index (χ0n) is 9.27. The number of hydrogen-bond donors (Lipinski definition) is 1. The first kappa shape index (κ1) is 12.4. The lowest BCUT2D eigenvalue weighted by atomic mass is 9.95. The van der Waals surface area contributed by atoms with Crippen molar-refractivity contribution in [3.8, 4) is 0 Å². The molecule has 0 aliphatic carbocycles. The molecule has 0 aliphatic heterocycles. The second-order valence-electron chi connectivity index (χ2n) is 3.88. The van der Waals surface area contributed by atoms with Crippen molar-refractivity contribution >= 4 is 21.7 Å². The van der Waals surface area contributed by atoms with E-state index in [-0.39, 0.29) is 11.4 Å². The Morgan fingerprint density at radius 3 is 2.53 bits per heavy atom. The zero-order chi connectivity index (χ0) is 11.5. The quantitative estimate of drug-likeness (QED) is 0.899. The van der Waals surface area contributed by atoms with Gasteiger partial charge in [-0.1, -0.05) is 13.8 Å².